The molecule has 75 valence electrons. The van der Waals surface area contributed by atoms with Crippen molar-refractivity contribution in [2.45, 2.75) is 26.2 Å². The minimum absolute atomic E-state index is 0.0369. The summed E-state index contributed by atoms with van der Waals surface area (Å²) in [5.41, 5.74) is 0.390. The molecule has 0 atom stereocenters. The number of carbonyl (C=O) groups is 1. The molecule has 0 unspecified atom stereocenters. The van der Waals surface area contributed by atoms with Gasteiger partial charge in [-0.1, -0.05) is 13.3 Å². The molecule has 1 radical (unpaired) electrons. The molecular formula is C10H12NO3. The summed E-state index contributed by atoms with van der Waals surface area (Å²) in [6, 6.07) is 1.53. The predicted molar refractivity (Wildman–Crippen MR) is 51.7 cm³/mol. The number of hydrogen-bond acceptors (Lipinski definition) is 3. The third-order valence-electron chi connectivity index (χ3n) is 1.79. The SMILES string of the molecule is CCCCC(=O)Nc1ccoc1[C]=O. The van der Waals surface area contributed by atoms with Gasteiger partial charge in [0.25, 0.3) is 6.29 Å². The van der Waals surface area contributed by atoms with Gasteiger partial charge in [0.1, 0.15) is 0 Å². The Morgan fingerprint density at radius 2 is 2.43 bits per heavy atom. The van der Waals surface area contributed by atoms with Crippen LogP contribution < -0.4 is 5.32 Å². The number of rotatable bonds is 5. The zero-order valence-electron chi connectivity index (χ0n) is 8.00. The second kappa shape index (κ2) is 5.21. The summed E-state index contributed by atoms with van der Waals surface area (Å²) in [4.78, 5) is 21.6. The molecule has 4 heteroatoms. The normalized spacial score (nSPS) is 9.79. The predicted octanol–water partition coefficient (Wildman–Crippen LogP) is 1.87. The van der Waals surface area contributed by atoms with Crippen LogP contribution >= 0.6 is 0 Å². The molecule has 0 aromatic carbocycles. The number of carbonyl (C=O) groups excluding carboxylic acids is 2. The lowest BCUT2D eigenvalue weighted by Crippen LogP contribution is -2.11. The van der Waals surface area contributed by atoms with E-state index in [2.05, 4.69) is 5.32 Å². The zero-order valence-corrected chi connectivity index (χ0v) is 8.00. The maximum Gasteiger partial charge on any atom is 0.274 e. The van der Waals surface area contributed by atoms with Crippen molar-refractivity contribution in [2.24, 2.45) is 0 Å². The van der Waals surface area contributed by atoms with Gasteiger partial charge in [-0.15, -0.1) is 0 Å². The molecule has 1 amide bonds. The zero-order chi connectivity index (χ0) is 10.4. The van der Waals surface area contributed by atoms with Crippen molar-refractivity contribution >= 4 is 17.9 Å². The van der Waals surface area contributed by atoms with Crippen molar-refractivity contribution in [3.05, 3.63) is 18.1 Å². The van der Waals surface area contributed by atoms with Gasteiger partial charge >= 0.3 is 0 Å². The fourth-order valence-electron chi connectivity index (χ4n) is 1.04. The van der Waals surface area contributed by atoms with Crippen LogP contribution in [0.5, 0.6) is 0 Å². The topological polar surface area (TPSA) is 59.3 Å². The Balaban J connectivity index is 2.51. The fourth-order valence-corrected chi connectivity index (χ4v) is 1.04. The van der Waals surface area contributed by atoms with Crippen LogP contribution in [0, 0.1) is 0 Å². The molecule has 1 aromatic heterocycles. The lowest BCUT2D eigenvalue weighted by atomic mass is 10.2. The van der Waals surface area contributed by atoms with Gasteiger partial charge in [-0.05, 0) is 6.42 Å². The molecule has 1 aromatic rings. The molecule has 0 aliphatic rings. The Morgan fingerprint density at radius 1 is 1.64 bits per heavy atom. The molecule has 1 rings (SSSR count). The Kier molecular flexibility index (Phi) is 3.91. The first-order valence-corrected chi connectivity index (χ1v) is 4.53. The second-order valence-electron chi connectivity index (χ2n) is 2.92. The van der Waals surface area contributed by atoms with Crippen LogP contribution in [0.2, 0.25) is 0 Å². The number of anilines is 1. The Bertz CT molecular complexity index is 317. The molecule has 0 fully saturated rings. The van der Waals surface area contributed by atoms with Gasteiger partial charge in [-0.25, -0.2) is 0 Å². The third kappa shape index (κ3) is 2.73. The summed E-state index contributed by atoms with van der Waals surface area (Å²) in [5, 5.41) is 2.58. The van der Waals surface area contributed by atoms with Gasteiger partial charge < -0.3 is 9.73 Å². The smallest absolute Gasteiger partial charge is 0.274 e. The Labute approximate surface area is 82.3 Å². The highest BCUT2D eigenvalue weighted by atomic mass is 16.3. The standard InChI is InChI=1S/C10H12NO3/c1-2-3-4-10(13)11-8-5-6-14-9(8)7-12/h5-6H,2-4H2,1H3,(H,11,13). The van der Waals surface area contributed by atoms with Crippen LogP contribution in [0.15, 0.2) is 16.7 Å². The third-order valence-corrected chi connectivity index (χ3v) is 1.79. The number of amides is 1. The van der Waals surface area contributed by atoms with Gasteiger partial charge in [0.15, 0.2) is 0 Å². The fraction of sp³-hybridized carbons (Fsp3) is 0.400. The molecule has 0 bridgehead atoms. The van der Waals surface area contributed by atoms with Crippen molar-refractivity contribution in [1.29, 1.82) is 0 Å². The van der Waals surface area contributed by atoms with E-state index in [1.54, 1.807) is 6.29 Å². The maximum absolute atomic E-state index is 11.3. The quantitative estimate of drug-likeness (QED) is 0.778. The van der Waals surface area contributed by atoms with E-state index in [4.69, 9.17) is 4.42 Å². The van der Waals surface area contributed by atoms with Gasteiger partial charge in [0.2, 0.25) is 11.7 Å². The van der Waals surface area contributed by atoms with Gasteiger partial charge in [-0.3, -0.25) is 9.59 Å². The Morgan fingerprint density at radius 3 is 3.07 bits per heavy atom. The highest BCUT2D eigenvalue weighted by Gasteiger charge is 2.08. The number of hydrogen-bond donors (Lipinski definition) is 1. The lowest BCUT2D eigenvalue weighted by Gasteiger charge is -2.01. The molecular weight excluding hydrogens is 182 g/mol. The first kappa shape index (κ1) is 10.5. The van der Waals surface area contributed by atoms with Crippen LogP contribution in [0.25, 0.3) is 0 Å². The van der Waals surface area contributed by atoms with E-state index in [0.717, 1.165) is 12.8 Å². The van der Waals surface area contributed by atoms with E-state index in [9.17, 15) is 9.59 Å². The van der Waals surface area contributed by atoms with E-state index in [1.165, 1.54) is 12.3 Å². The summed E-state index contributed by atoms with van der Waals surface area (Å²) in [7, 11) is 0. The molecule has 14 heavy (non-hydrogen) atoms. The highest BCUT2D eigenvalue weighted by Crippen LogP contribution is 2.14. The van der Waals surface area contributed by atoms with E-state index < -0.39 is 0 Å². The second-order valence-corrected chi connectivity index (χ2v) is 2.92. The summed E-state index contributed by atoms with van der Waals surface area (Å²) in [6.45, 7) is 2.01. The summed E-state index contributed by atoms with van der Waals surface area (Å²) < 4.78 is 4.78. The minimum atomic E-state index is -0.107. The molecule has 4 nitrogen and oxygen atoms in total. The average molecular weight is 194 g/mol. The Hall–Kier alpha value is -1.58. The first-order chi connectivity index (χ1) is 6.77. The van der Waals surface area contributed by atoms with Crippen LogP contribution in [-0.2, 0) is 9.59 Å². The molecule has 1 heterocycles. The van der Waals surface area contributed by atoms with E-state index in [-0.39, 0.29) is 11.7 Å². The van der Waals surface area contributed by atoms with E-state index in [0.29, 0.717) is 12.1 Å². The maximum atomic E-state index is 11.3. The van der Waals surface area contributed by atoms with Crippen molar-refractivity contribution in [3.8, 4) is 0 Å². The average Bonchev–Trinajstić information content (AvgIpc) is 2.62. The van der Waals surface area contributed by atoms with Gasteiger partial charge in [0, 0.05) is 12.5 Å². The minimum Gasteiger partial charge on any atom is -0.458 e. The monoisotopic (exact) mass is 194 g/mol. The number of nitrogens with one attached hydrogen (secondary N) is 1. The number of furan rings is 1. The van der Waals surface area contributed by atoms with Crippen molar-refractivity contribution in [2.75, 3.05) is 5.32 Å². The molecule has 0 saturated carbocycles. The van der Waals surface area contributed by atoms with Crippen LogP contribution in [-0.4, -0.2) is 12.2 Å². The largest absolute Gasteiger partial charge is 0.458 e. The van der Waals surface area contributed by atoms with Crippen LogP contribution in [0.1, 0.15) is 31.9 Å². The lowest BCUT2D eigenvalue weighted by molar-refractivity contribution is -0.116. The number of unbranched alkanes of at least 4 members (excludes halogenated alkanes) is 1. The van der Waals surface area contributed by atoms with Crippen molar-refractivity contribution in [3.63, 3.8) is 0 Å². The van der Waals surface area contributed by atoms with Crippen LogP contribution in [0.4, 0.5) is 5.69 Å². The van der Waals surface area contributed by atoms with E-state index in [1.807, 2.05) is 6.92 Å². The summed E-state index contributed by atoms with van der Waals surface area (Å²) >= 11 is 0. The van der Waals surface area contributed by atoms with E-state index >= 15 is 0 Å². The molecule has 0 aliphatic heterocycles. The van der Waals surface area contributed by atoms with Crippen molar-refractivity contribution < 1.29 is 14.0 Å². The van der Waals surface area contributed by atoms with Gasteiger partial charge in [0.05, 0.1) is 12.0 Å². The molecule has 0 aliphatic carbocycles. The van der Waals surface area contributed by atoms with Crippen LogP contribution in [0.3, 0.4) is 0 Å². The van der Waals surface area contributed by atoms with Gasteiger partial charge in [-0.2, -0.15) is 0 Å². The summed E-state index contributed by atoms with van der Waals surface area (Å²) in [6.07, 6.45) is 5.21. The van der Waals surface area contributed by atoms with Crippen molar-refractivity contribution in [1.82, 2.24) is 0 Å². The molecule has 0 spiro atoms. The highest BCUT2D eigenvalue weighted by molar-refractivity contribution is 5.95. The first-order valence-electron chi connectivity index (χ1n) is 4.53. The summed E-state index contributed by atoms with van der Waals surface area (Å²) in [5.74, 6) is -0.0698. The molecule has 0 saturated heterocycles. The molecule has 1 N–H and O–H groups in total.